The largest absolute Gasteiger partial charge is 0.395 e. The van der Waals surface area contributed by atoms with E-state index < -0.39 is 10.8 Å². The number of aryl methyl sites for hydroxylation is 1. The van der Waals surface area contributed by atoms with E-state index in [2.05, 4.69) is 0 Å². The van der Waals surface area contributed by atoms with Crippen molar-refractivity contribution in [3.8, 4) is 6.07 Å². The van der Waals surface area contributed by atoms with E-state index in [1.54, 1.807) is 18.2 Å². The van der Waals surface area contributed by atoms with Crippen molar-refractivity contribution >= 4 is 10.8 Å². The van der Waals surface area contributed by atoms with E-state index in [0.717, 1.165) is 5.56 Å². The Balaban J connectivity index is 3.07. The van der Waals surface area contributed by atoms with Gasteiger partial charge in [-0.25, -0.2) is 0 Å². The molecule has 0 aliphatic heterocycles. The van der Waals surface area contributed by atoms with Crippen LogP contribution in [0.5, 0.6) is 0 Å². The smallest absolute Gasteiger partial charge is 0.0992 e. The highest BCUT2D eigenvalue weighted by atomic mass is 32.2. The van der Waals surface area contributed by atoms with Gasteiger partial charge in [-0.15, -0.1) is 0 Å². The summed E-state index contributed by atoms with van der Waals surface area (Å²) in [4.78, 5) is 0.637. The van der Waals surface area contributed by atoms with Crippen LogP contribution in [0.2, 0.25) is 0 Å². The molecular formula is C10H11NO2S. The first-order chi connectivity index (χ1) is 6.69. The van der Waals surface area contributed by atoms with Gasteiger partial charge in [-0.2, -0.15) is 5.26 Å². The predicted molar refractivity (Wildman–Crippen MR) is 54.3 cm³/mol. The normalized spacial score (nSPS) is 12.1. The Morgan fingerprint density at radius 3 is 2.86 bits per heavy atom. The van der Waals surface area contributed by atoms with Crippen molar-refractivity contribution in [2.24, 2.45) is 0 Å². The Hall–Kier alpha value is -1.18. The van der Waals surface area contributed by atoms with Crippen molar-refractivity contribution in [3.63, 3.8) is 0 Å². The monoisotopic (exact) mass is 209 g/mol. The minimum absolute atomic E-state index is 0.108. The average Bonchev–Trinajstić information content (AvgIpc) is 2.19. The van der Waals surface area contributed by atoms with Gasteiger partial charge in [0.25, 0.3) is 0 Å². The average molecular weight is 209 g/mol. The van der Waals surface area contributed by atoms with E-state index in [1.807, 2.05) is 13.0 Å². The number of rotatable bonds is 3. The lowest BCUT2D eigenvalue weighted by Crippen LogP contribution is -2.04. The van der Waals surface area contributed by atoms with E-state index in [0.29, 0.717) is 10.5 Å². The Morgan fingerprint density at radius 2 is 2.29 bits per heavy atom. The Morgan fingerprint density at radius 1 is 1.57 bits per heavy atom. The van der Waals surface area contributed by atoms with Crippen molar-refractivity contribution in [3.05, 3.63) is 29.3 Å². The van der Waals surface area contributed by atoms with Crippen molar-refractivity contribution < 1.29 is 9.32 Å². The molecule has 74 valence electrons. The van der Waals surface area contributed by atoms with E-state index >= 15 is 0 Å². The van der Waals surface area contributed by atoms with Crippen LogP contribution in [0.1, 0.15) is 11.1 Å². The Bertz CT molecular complexity index is 396. The zero-order chi connectivity index (χ0) is 10.6. The quantitative estimate of drug-likeness (QED) is 0.806. The molecule has 1 atom stereocenters. The lowest BCUT2D eigenvalue weighted by Gasteiger charge is -2.04. The van der Waals surface area contributed by atoms with Crippen LogP contribution < -0.4 is 0 Å². The van der Waals surface area contributed by atoms with Gasteiger partial charge in [0.15, 0.2) is 0 Å². The van der Waals surface area contributed by atoms with Gasteiger partial charge < -0.3 is 5.11 Å². The molecule has 1 unspecified atom stereocenters. The highest BCUT2D eigenvalue weighted by molar-refractivity contribution is 7.85. The van der Waals surface area contributed by atoms with Gasteiger partial charge in [-0.1, -0.05) is 6.07 Å². The molecule has 1 rings (SSSR count). The fraction of sp³-hybridized carbons (Fsp3) is 0.300. The van der Waals surface area contributed by atoms with Crippen LogP contribution in [0.4, 0.5) is 0 Å². The molecule has 3 nitrogen and oxygen atoms in total. The van der Waals surface area contributed by atoms with E-state index in [4.69, 9.17) is 10.4 Å². The number of nitriles is 1. The molecule has 0 aromatic heterocycles. The summed E-state index contributed by atoms with van der Waals surface area (Å²) in [6, 6.07) is 7.06. The molecular weight excluding hydrogens is 198 g/mol. The minimum Gasteiger partial charge on any atom is -0.395 e. The molecule has 0 bridgehead atoms. The lowest BCUT2D eigenvalue weighted by atomic mass is 10.2. The summed E-state index contributed by atoms with van der Waals surface area (Å²) in [6.07, 6.45) is 0. The van der Waals surface area contributed by atoms with Crippen LogP contribution in [0, 0.1) is 18.3 Å². The summed E-state index contributed by atoms with van der Waals surface area (Å²) >= 11 is 0. The van der Waals surface area contributed by atoms with Crippen molar-refractivity contribution in [1.82, 2.24) is 0 Å². The topological polar surface area (TPSA) is 61.1 Å². The summed E-state index contributed by atoms with van der Waals surface area (Å²) in [5.74, 6) is 0.218. The third-order valence-electron chi connectivity index (χ3n) is 1.84. The highest BCUT2D eigenvalue weighted by Gasteiger charge is 2.07. The first kappa shape index (κ1) is 10.9. The van der Waals surface area contributed by atoms with Gasteiger partial charge in [0.1, 0.15) is 0 Å². The summed E-state index contributed by atoms with van der Waals surface area (Å²) in [5, 5.41) is 17.3. The lowest BCUT2D eigenvalue weighted by molar-refractivity contribution is 0.321. The first-order valence-corrected chi connectivity index (χ1v) is 5.51. The maximum Gasteiger partial charge on any atom is 0.0992 e. The van der Waals surface area contributed by atoms with Crippen LogP contribution >= 0.6 is 0 Å². The number of benzene rings is 1. The first-order valence-electron chi connectivity index (χ1n) is 4.19. The van der Waals surface area contributed by atoms with Gasteiger partial charge in [0, 0.05) is 4.90 Å². The molecule has 1 aromatic rings. The molecule has 0 fully saturated rings. The summed E-state index contributed by atoms with van der Waals surface area (Å²) < 4.78 is 11.6. The molecule has 1 aromatic carbocycles. The Labute approximate surface area is 85.5 Å². The van der Waals surface area contributed by atoms with Gasteiger partial charge >= 0.3 is 0 Å². The van der Waals surface area contributed by atoms with Gasteiger partial charge in [0.05, 0.1) is 34.8 Å². The molecule has 0 aliphatic rings. The number of hydrogen-bond acceptors (Lipinski definition) is 3. The van der Waals surface area contributed by atoms with Crippen LogP contribution in [0.25, 0.3) is 0 Å². The number of aliphatic hydroxyl groups is 1. The van der Waals surface area contributed by atoms with Crippen LogP contribution in [0.3, 0.4) is 0 Å². The zero-order valence-electron chi connectivity index (χ0n) is 7.86. The maximum atomic E-state index is 11.6. The molecule has 0 amide bonds. The molecule has 0 aliphatic carbocycles. The molecule has 0 spiro atoms. The third-order valence-corrected chi connectivity index (χ3v) is 3.32. The van der Waals surface area contributed by atoms with Crippen LogP contribution in [0.15, 0.2) is 23.1 Å². The van der Waals surface area contributed by atoms with Crippen molar-refractivity contribution in [1.29, 1.82) is 5.26 Å². The third kappa shape index (κ3) is 2.41. The summed E-state index contributed by atoms with van der Waals surface area (Å²) in [6.45, 7) is 1.73. The van der Waals surface area contributed by atoms with Gasteiger partial charge in [-0.3, -0.25) is 4.21 Å². The second-order valence-corrected chi connectivity index (χ2v) is 4.40. The van der Waals surface area contributed by atoms with E-state index in [1.165, 1.54) is 0 Å². The standard InChI is InChI=1S/C10H11NO2S/c1-8-2-3-9(7-11)6-10(8)14(13)5-4-12/h2-3,6,12H,4-5H2,1H3. The molecule has 14 heavy (non-hydrogen) atoms. The maximum absolute atomic E-state index is 11.6. The van der Waals surface area contributed by atoms with E-state index in [9.17, 15) is 4.21 Å². The molecule has 4 heteroatoms. The SMILES string of the molecule is Cc1ccc(C#N)cc1S(=O)CCO. The van der Waals surface area contributed by atoms with Crippen LogP contribution in [-0.4, -0.2) is 21.7 Å². The fourth-order valence-electron chi connectivity index (χ4n) is 1.11. The minimum atomic E-state index is -1.21. The Kier molecular flexibility index (Phi) is 3.81. The molecule has 0 heterocycles. The van der Waals surface area contributed by atoms with Gasteiger partial charge in [0.2, 0.25) is 0 Å². The molecule has 0 radical (unpaired) electrons. The zero-order valence-corrected chi connectivity index (χ0v) is 8.67. The van der Waals surface area contributed by atoms with Crippen LogP contribution in [-0.2, 0) is 10.8 Å². The highest BCUT2D eigenvalue weighted by Crippen LogP contribution is 2.14. The van der Waals surface area contributed by atoms with Gasteiger partial charge in [-0.05, 0) is 24.6 Å². The number of hydrogen-bond donors (Lipinski definition) is 1. The van der Waals surface area contributed by atoms with Crippen molar-refractivity contribution in [2.45, 2.75) is 11.8 Å². The molecule has 1 N–H and O–H groups in total. The summed E-state index contributed by atoms with van der Waals surface area (Å²) in [5.41, 5.74) is 1.38. The van der Waals surface area contributed by atoms with Crippen molar-refractivity contribution in [2.75, 3.05) is 12.4 Å². The molecule has 0 saturated carbocycles. The number of aliphatic hydroxyl groups excluding tert-OH is 1. The van der Waals surface area contributed by atoms with E-state index in [-0.39, 0.29) is 12.4 Å². The second-order valence-electron chi connectivity index (χ2n) is 2.87. The fourth-order valence-corrected chi connectivity index (χ4v) is 2.18. The number of nitrogens with zero attached hydrogens (tertiary/aromatic N) is 1. The predicted octanol–water partition coefficient (Wildman–Crippen LogP) is 0.967. The molecule has 0 saturated heterocycles. The second kappa shape index (κ2) is 4.89. The summed E-state index contributed by atoms with van der Waals surface area (Å²) in [7, 11) is -1.21.